The van der Waals surface area contributed by atoms with Crippen molar-refractivity contribution in [3.05, 3.63) is 49.1 Å². The Kier molecular flexibility index (Phi) is 3.53. The molecule has 0 radical (unpaired) electrons. The standard InChI is InChI=1S/C19H18N8/c1-13-10-25(12-22-13)18-8-17-21-6-7-26(17)19(24-18)15-9-23-27(11-15)16(4-5-20)14-2-3-14/h6-12,14,16H,2-4H2,1H3. The molecule has 0 aromatic carbocycles. The van der Waals surface area contributed by atoms with Gasteiger partial charge >= 0.3 is 0 Å². The van der Waals surface area contributed by atoms with Crippen molar-refractivity contribution in [2.24, 2.45) is 5.92 Å². The number of aryl methyl sites for hydroxylation is 1. The second-order valence-electron chi connectivity index (χ2n) is 6.99. The third-order valence-corrected chi connectivity index (χ3v) is 5.02. The number of aromatic nitrogens is 7. The second-order valence-corrected chi connectivity index (χ2v) is 6.99. The molecule has 0 bridgehead atoms. The molecule has 8 heteroatoms. The number of fused-ring (bicyclic) bond motifs is 1. The van der Waals surface area contributed by atoms with Gasteiger partial charge in [-0.25, -0.2) is 15.0 Å². The molecule has 1 fully saturated rings. The maximum absolute atomic E-state index is 9.15. The lowest BCUT2D eigenvalue weighted by Crippen LogP contribution is -2.11. The van der Waals surface area contributed by atoms with Gasteiger partial charge in [-0.05, 0) is 25.7 Å². The van der Waals surface area contributed by atoms with Gasteiger partial charge in [0.25, 0.3) is 0 Å². The molecule has 0 amide bonds. The highest BCUT2D eigenvalue weighted by molar-refractivity contribution is 5.60. The Labute approximate surface area is 155 Å². The molecule has 4 aromatic heterocycles. The predicted octanol–water partition coefficient (Wildman–Crippen LogP) is 2.95. The van der Waals surface area contributed by atoms with E-state index in [0.29, 0.717) is 12.3 Å². The average Bonchev–Trinajstić information content (AvgIpc) is 3.07. The van der Waals surface area contributed by atoms with E-state index in [4.69, 9.17) is 10.2 Å². The van der Waals surface area contributed by atoms with Gasteiger partial charge in [0.1, 0.15) is 17.8 Å². The summed E-state index contributed by atoms with van der Waals surface area (Å²) < 4.78 is 5.76. The van der Waals surface area contributed by atoms with Crippen molar-refractivity contribution in [3.63, 3.8) is 0 Å². The zero-order valence-electron chi connectivity index (χ0n) is 14.9. The Morgan fingerprint density at radius 1 is 1.30 bits per heavy atom. The molecule has 0 N–H and O–H groups in total. The van der Waals surface area contributed by atoms with Crippen LogP contribution >= 0.6 is 0 Å². The molecule has 1 unspecified atom stereocenters. The fourth-order valence-electron chi connectivity index (χ4n) is 3.48. The maximum atomic E-state index is 9.15. The van der Waals surface area contributed by atoms with E-state index < -0.39 is 0 Å². The summed E-state index contributed by atoms with van der Waals surface area (Å²) in [4.78, 5) is 13.5. The highest BCUT2D eigenvalue weighted by Crippen LogP contribution is 2.41. The average molecular weight is 358 g/mol. The lowest BCUT2D eigenvalue weighted by atomic mass is 10.1. The van der Waals surface area contributed by atoms with E-state index in [1.807, 2.05) is 51.4 Å². The predicted molar refractivity (Wildman–Crippen MR) is 98.1 cm³/mol. The van der Waals surface area contributed by atoms with Crippen molar-refractivity contribution in [2.45, 2.75) is 32.2 Å². The molecule has 8 nitrogen and oxygen atoms in total. The number of nitrogens with zero attached hydrogens (tertiary/aromatic N) is 8. The first kappa shape index (κ1) is 15.8. The zero-order chi connectivity index (χ0) is 18.4. The van der Waals surface area contributed by atoms with Gasteiger partial charge in [-0.1, -0.05) is 0 Å². The normalized spacial score (nSPS) is 15.1. The Hall–Kier alpha value is -3.47. The molecule has 0 saturated heterocycles. The van der Waals surface area contributed by atoms with Crippen molar-refractivity contribution in [3.8, 4) is 23.3 Å². The Bertz CT molecular complexity index is 1150. The summed E-state index contributed by atoms with van der Waals surface area (Å²) in [5.74, 6) is 2.08. The molecule has 134 valence electrons. The van der Waals surface area contributed by atoms with E-state index in [1.54, 1.807) is 12.5 Å². The van der Waals surface area contributed by atoms with E-state index in [9.17, 15) is 0 Å². The van der Waals surface area contributed by atoms with Crippen molar-refractivity contribution in [2.75, 3.05) is 0 Å². The lowest BCUT2D eigenvalue weighted by Gasteiger charge is -2.12. The van der Waals surface area contributed by atoms with E-state index in [-0.39, 0.29) is 6.04 Å². The molecule has 1 atom stereocenters. The second kappa shape index (κ2) is 6.06. The van der Waals surface area contributed by atoms with Crippen LogP contribution in [0.2, 0.25) is 0 Å². The molecule has 1 aliphatic carbocycles. The van der Waals surface area contributed by atoms with Crippen LogP contribution < -0.4 is 0 Å². The summed E-state index contributed by atoms with van der Waals surface area (Å²) in [6.45, 7) is 1.95. The van der Waals surface area contributed by atoms with Gasteiger partial charge in [0.2, 0.25) is 0 Å². The number of rotatable bonds is 5. The van der Waals surface area contributed by atoms with Crippen LogP contribution in [0.15, 0.2) is 43.4 Å². The fourth-order valence-corrected chi connectivity index (χ4v) is 3.48. The summed E-state index contributed by atoms with van der Waals surface area (Å²) in [7, 11) is 0. The van der Waals surface area contributed by atoms with Gasteiger partial charge in [-0.15, -0.1) is 0 Å². The summed E-state index contributed by atoms with van der Waals surface area (Å²) >= 11 is 0. The largest absolute Gasteiger partial charge is 0.290 e. The molecule has 5 rings (SSSR count). The Morgan fingerprint density at radius 3 is 2.93 bits per heavy atom. The van der Waals surface area contributed by atoms with Crippen LogP contribution in [0.3, 0.4) is 0 Å². The summed E-state index contributed by atoms with van der Waals surface area (Å²) in [6.07, 6.45) is 14.0. The van der Waals surface area contributed by atoms with E-state index in [0.717, 1.165) is 28.5 Å². The zero-order valence-corrected chi connectivity index (χ0v) is 14.9. The third-order valence-electron chi connectivity index (χ3n) is 5.02. The van der Waals surface area contributed by atoms with Crippen LogP contribution in [0, 0.1) is 24.2 Å². The van der Waals surface area contributed by atoms with E-state index in [1.165, 1.54) is 12.8 Å². The Balaban J connectivity index is 1.60. The lowest BCUT2D eigenvalue weighted by molar-refractivity contribution is 0.412. The van der Waals surface area contributed by atoms with E-state index >= 15 is 0 Å². The van der Waals surface area contributed by atoms with Crippen LogP contribution in [0.4, 0.5) is 0 Å². The van der Waals surface area contributed by atoms with Gasteiger partial charge in [0.15, 0.2) is 5.82 Å². The smallest absolute Gasteiger partial charge is 0.151 e. The number of hydrogen-bond donors (Lipinski definition) is 0. The van der Waals surface area contributed by atoms with Gasteiger partial charge in [0.05, 0.1) is 36.0 Å². The SMILES string of the molecule is Cc1cn(-c2cc3nccn3c(-c3cnn(C(CC#N)C4CC4)c3)n2)cn1. The summed E-state index contributed by atoms with van der Waals surface area (Å²) in [5.41, 5.74) is 2.64. The van der Waals surface area contributed by atoms with Crippen molar-refractivity contribution in [1.29, 1.82) is 5.26 Å². The van der Waals surface area contributed by atoms with Crippen LogP contribution in [-0.4, -0.2) is 33.7 Å². The van der Waals surface area contributed by atoms with Crippen LogP contribution in [0.25, 0.3) is 22.9 Å². The molecule has 0 spiro atoms. The first-order valence-electron chi connectivity index (χ1n) is 8.99. The fraction of sp³-hybridized carbons (Fsp3) is 0.316. The topological polar surface area (TPSA) is 89.6 Å². The van der Waals surface area contributed by atoms with Gasteiger partial charge in [-0.3, -0.25) is 13.6 Å². The van der Waals surface area contributed by atoms with Gasteiger partial charge in [0, 0.05) is 30.9 Å². The van der Waals surface area contributed by atoms with Crippen molar-refractivity contribution in [1.82, 2.24) is 33.7 Å². The molecule has 1 saturated carbocycles. The first-order chi connectivity index (χ1) is 13.2. The third kappa shape index (κ3) is 2.77. The molecule has 4 heterocycles. The molecule has 4 aromatic rings. The minimum absolute atomic E-state index is 0.140. The number of nitriles is 1. The Morgan fingerprint density at radius 2 is 2.19 bits per heavy atom. The molecule has 0 aliphatic heterocycles. The first-order valence-corrected chi connectivity index (χ1v) is 8.99. The highest BCUT2D eigenvalue weighted by atomic mass is 15.3. The van der Waals surface area contributed by atoms with Crippen LogP contribution in [0.5, 0.6) is 0 Å². The number of hydrogen-bond acceptors (Lipinski definition) is 5. The molecular formula is C19H18N8. The molecule has 1 aliphatic rings. The minimum atomic E-state index is 0.140. The molecular weight excluding hydrogens is 340 g/mol. The highest BCUT2D eigenvalue weighted by Gasteiger charge is 2.33. The molecule has 27 heavy (non-hydrogen) atoms. The van der Waals surface area contributed by atoms with Crippen molar-refractivity contribution >= 4 is 5.65 Å². The monoisotopic (exact) mass is 358 g/mol. The number of imidazole rings is 2. The van der Waals surface area contributed by atoms with Gasteiger partial charge < -0.3 is 0 Å². The van der Waals surface area contributed by atoms with Crippen molar-refractivity contribution < 1.29 is 0 Å². The van der Waals surface area contributed by atoms with E-state index in [2.05, 4.69) is 21.1 Å². The maximum Gasteiger partial charge on any atom is 0.151 e. The van der Waals surface area contributed by atoms with Crippen LogP contribution in [-0.2, 0) is 0 Å². The van der Waals surface area contributed by atoms with Gasteiger partial charge in [-0.2, -0.15) is 10.4 Å². The quantitative estimate of drug-likeness (QED) is 0.547. The summed E-state index contributed by atoms with van der Waals surface area (Å²) in [6, 6.07) is 4.36. The van der Waals surface area contributed by atoms with Crippen LogP contribution in [0.1, 0.15) is 31.0 Å². The minimum Gasteiger partial charge on any atom is -0.290 e. The summed E-state index contributed by atoms with van der Waals surface area (Å²) in [5, 5.41) is 13.7.